The Morgan fingerprint density at radius 1 is 1.03 bits per heavy atom. The number of anilines is 2. The summed E-state index contributed by atoms with van der Waals surface area (Å²) in [5, 5.41) is 9.29. The zero-order valence-corrected chi connectivity index (χ0v) is 19.1. The van der Waals surface area contributed by atoms with Crippen LogP contribution in [0.25, 0.3) is 0 Å². The van der Waals surface area contributed by atoms with Gasteiger partial charge in [-0.3, -0.25) is 4.79 Å². The van der Waals surface area contributed by atoms with Crippen molar-refractivity contribution in [2.45, 2.75) is 31.4 Å². The van der Waals surface area contributed by atoms with Gasteiger partial charge in [-0.05, 0) is 73.5 Å². The minimum Gasteiger partial charge on any atom is -0.380 e. The highest BCUT2D eigenvalue weighted by Gasteiger charge is 2.40. The first-order chi connectivity index (χ1) is 15.0. The lowest BCUT2D eigenvalue weighted by atomic mass is 10.0. The number of ether oxygens (including phenoxy) is 1. The van der Waals surface area contributed by atoms with Crippen LogP contribution in [0.1, 0.15) is 17.5 Å². The summed E-state index contributed by atoms with van der Waals surface area (Å²) in [5.74, 6) is -0.197. The van der Waals surface area contributed by atoms with Crippen LogP contribution in [-0.2, 0) is 22.4 Å². The molecule has 1 unspecified atom stereocenters. The molecule has 0 aliphatic carbocycles. The van der Waals surface area contributed by atoms with Crippen LogP contribution >= 0.6 is 15.9 Å². The maximum Gasteiger partial charge on any atom is 0.322 e. The number of nitrogens with zero attached hydrogens (tertiary/aromatic N) is 1. The Labute approximate surface area is 190 Å². The van der Waals surface area contributed by atoms with Crippen LogP contribution < -0.4 is 16.0 Å². The maximum absolute atomic E-state index is 13.1. The zero-order chi connectivity index (χ0) is 21.8. The van der Waals surface area contributed by atoms with Crippen molar-refractivity contribution >= 4 is 39.2 Å². The highest BCUT2D eigenvalue weighted by atomic mass is 79.9. The molecular weight excluding hydrogens is 460 g/mol. The summed E-state index contributed by atoms with van der Waals surface area (Å²) >= 11 is 3.39. The van der Waals surface area contributed by atoms with Gasteiger partial charge in [0.05, 0.1) is 6.10 Å². The van der Waals surface area contributed by atoms with E-state index in [1.807, 2.05) is 30.3 Å². The third-order valence-electron chi connectivity index (χ3n) is 5.87. The molecule has 0 aromatic heterocycles. The first kappa shape index (κ1) is 21.8. The molecule has 0 bridgehead atoms. The minimum atomic E-state index is -0.596. The van der Waals surface area contributed by atoms with E-state index in [0.29, 0.717) is 18.7 Å². The topological polar surface area (TPSA) is 82.7 Å². The molecule has 0 saturated carbocycles. The predicted molar refractivity (Wildman–Crippen MR) is 124 cm³/mol. The Kier molecular flexibility index (Phi) is 6.89. The van der Waals surface area contributed by atoms with Gasteiger partial charge in [0.25, 0.3) is 0 Å². The van der Waals surface area contributed by atoms with Crippen molar-refractivity contribution in [2.75, 3.05) is 37.4 Å². The van der Waals surface area contributed by atoms with Gasteiger partial charge in [0, 0.05) is 35.9 Å². The highest BCUT2D eigenvalue weighted by molar-refractivity contribution is 9.10. The standard InChI is InChI=1S/C23H27BrN4O3/c1-31-20-13-21(28(14-20)23(30)27-18-6-3-17(24)4-7-18)22(29)26-19-5-2-15-8-10-25-11-9-16(15)12-19/h2-7,12,20-21,25H,8-11,13-14H2,1H3,(H,26,29)(H,27,30)/t20?,21-/m1/s1. The maximum atomic E-state index is 13.1. The summed E-state index contributed by atoms with van der Waals surface area (Å²) < 4.78 is 6.39. The van der Waals surface area contributed by atoms with Crippen molar-refractivity contribution in [1.82, 2.24) is 10.2 Å². The van der Waals surface area contributed by atoms with Gasteiger partial charge in [0.15, 0.2) is 0 Å². The smallest absolute Gasteiger partial charge is 0.322 e. The van der Waals surface area contributed by atoms with Gasteiger partial charge in [0.1, 0.15) is 6.04 Å². The van der Waals surface area contributed by atoms with Crippen LogP contribution in [0.15, 0.2) is 46.9 Å². The molecule has 31 heavy (non-hydrogen) atoms. The molecule has 2 aliphatic heterocycles. The number of hydrogen-bond donors (Lipinski definition) is 3. The molecule has 2 atom stereocenters. The Balaban J connectivity index is 1.46. The number of halogens is 1. The number of hydrogen-bond acceptors (Lipinski definition) is 4. The largest absolute Gasteiger partial charge is 0.380 e. The average Bonchev–Trinajstić information content (AvgIpc) is 3.08. The Hall–Kier alpha value is -2.42. The van der Waals surface area contributed by atoms with Gasteiger partial charge in [-0.2, -0.15) is 0 Å². The van der Waals surface area contributed by atoms with E-state index in [-0.39, 0.29) is 18.0 Å². The van der Waals surface area contributed by atoms with Gasteiger partial charge in [-0.25, -0.2) is 4.79 Å². The number of urea groups is 1. The summed E-state index contributed by atoms with van der Waals surface area (Å²) in [7, 11) is 1.61. The number of rotatable bonds is 4. The van der Waals surface area contributed by atoms with Crippen molar-refractivity contribution in [2.24, 2.45) is 0 Å². The van der Waals surface area contributed by atoms with Gasteiger partial charge in [-0.1, -0.05) is 22.0 Å². The molecule has 3 amide bonds. The van der Waals surface area contributed by atoms with Crippen LogP contribution in [0, 0.1) is 0 Å². The lowest BCUT2D eigenvalue weighted by molar-refractivity contribution is -0.119. The number of methoxy groups -OCH3 is 1. The molecule has 2 aromatic carbocycles. The van der Waals surface area contributed by atoms with Crippen LogP contribution in [0.3, 0.4) is 0 Å². The number of nitrogens with one attached hydrogen (secondary N) is 3. The molecule has 3 N–H and O–H groups in total. The van der Waals surface area contributed by atoms with Crippen molar-refractivity contribution < 1.29 is 14.3 Å². The van der Waals surface area contributed by atoms with E-state index >= 15 is 0 Å². The normalized spacial score (nSPS) is 20.6. The van der Waals surface area contributed by atoms with E-state index in [0.717, 1.165) is 36.1 Å². The third kappa shape index (κ3) is 5.26. The first-order valence-electron chi connectivity index (χ1n) is 10.5. The monoisotopic (exact) mass is 486 g/mol. The lowest BCUT2D eigenvalue weighted by Crippen LogP contribution is -2.45. The second-order valence-electron chi connectivity index (χ2n) is 7.92. The summed E-state index contributed by atoms with van der Waals surface area (Å²) in [6, 6.07) is 12.5. The Morgan fingerprint density at radius 2 is 1.74 bits per heavy atom. The van der Waals surface area contributed by atoms with E-state index in [1.54, 1.807) is 12.0 Å². The Bertz CT molecular complexity index is 950. The van der Waals surface area contributed by atoms with Crippen molar-refractivity contribution in [3.05, 3.63) is 58.1 Å². The van der Waals surface area contributed by atoms with Crippen LogP contribution in [-0.4, -0.2) is 55.7 Å². The number of carbonyl (C=O) groups is 2. The van der Waals surface area contributed by atoms with Crippen LogP contribution in [0.4, 0.5) is 16.2 Å². The van der Waals surface area contributed by atoms with Crippen molar-refractivity contribution in [1.29, 1.82) is 0 Å². The van der Waals surface area contributed by atoms with Crippen molar-refractivity contribution in [3.8, 4) is 0 Å². The number of fused-ring (bicyclic) bond motifs is 1. The van der Waals surface area contributed by atoms with Gasteiger partial charge < -0.3 is 25.6 Å². The summed E-state index contributed by atoms with van der Waals surface area (Å²) in [6.45, 7) is 2.28. The fraction of sp³-hybridized carbons (Fsp3) is 0.391. The van der Waals surface area contributed by atoms with Crippen molar-refractivity contribution in [3.63, 3.8) is 0 Å². The van der Waals surface area contributed by atoms with E-state index in [9.17, 15) is 9.59 Å². The quantitative estimate of drug-likeness (QED) is 0.618. The number of benzene rings is 2. The molecule has 1 fully saturated rings. The molecule has 7 nitrogen and oxygen atoms in total. The molecule has 2 aromatic rings. The van der Waals surface area contributed by atoms with E-state index in [1.165, 1.54) is 11.1 Å². The third-order valence-corrected chi connectivity index (χ3v) is 6.40. The Morgan fingerprint density at radius 3 is 2.48 bits per heavy atom. The predicted octanol–water partition coefficient (Wildman–Crippen LogP) is 3.40. The molecule has 164 valence electrons. The van der Waals surface area contributed by atoms with E-state index in [2.05, 4.69) is 44.0 Å². The van der Waals surface area contributed by atoms with Crippen LogP contribution in [0.5, 0.6) is 0 Å². The fourth-order valence-electron chi connectivity index (χ4n) is 4.15. The van der Waals surface area contributed by atoms with Gasteiger partial charge in [-0.15, -0.1) is 0 Å². The second kappa shape index (κ2) is 9.80. The summed E-state index contributed by atoms with van der Waals surface area (Å²) in [4.78, 5) is 27.6. The first-order valence-corrected chi connectivity index (χ1v) is 11.3. The summed E-state index contributed by atoms with van der Waals surface area (Å²) in [5.41, 5.74) is 4.01. The second-order valence-corrected chi connectivity index (χ2v) is 8.84. The number of amides is 3. The van der Waals surface area contributed by atoms with Gasteiger partial charge >= 0.3 is 6.03 Å². The van der Waals surface area contributed by atoms with Crippen LogP contribution in [0.2, 0.25) is 0 Å². The average molecular weight is 487 g/mol. The fourth-order valence-corrected chi connectivity index (χ4v) is 4.41. The van der Waals surface area contributed by atoms with E-state index < -0.39 is 6.04 Å². The molecule has 1 saturated heterocycles. The zero-order valence-electron chi connectivity index (χ0n) is 17.5. The molecule has 2 aliphatic rings. The SMILES string of the molecule is COC1C[C@H](C(=O)Nc2ccc3c(c2)CCNCC3)N(C(=O)Nc2ccc(Br)cc2)C1. The summed E-state index contributed by atoms with van der Waals surface area (Å²) in [6.07, 6.45) is 2.22. The molecule has 8 heteroatoms. The molecular formula is C23H27BrN4O3. The highest BCUT2D eigenvalue weighted by Crippen LogP contribution is 2.25. The molecule has 4 rings (SSSR count). The minimum absolute atomic E-state index is 0.176. The van der Waals surface area contributed by atoms with Gasteiger partial charge in [0.2, 0.25) is 5.91 Å². The van der Waals surface area contributed by atoms with E-state index in [4.69, 9.17) is 4.74 Å². The number of likely N-dealkylation sites (tertiary alicyclic amines) is 1. The molecule has 2 heterocycles. The number of carbonyl (C=O) groups excluding carboxylic acids is 2. The lowest BCUT2D eigenvalue weighted by Gasteiger charge is -2.24. The molecule has 0 spiro atoms. The molecule has 0 radical (unpaired) electrons.